The number of fused-ring (bicyclic) bond motifs is 1. The van der Waals surface area contributed by atoms with Gasteiger partial charge in [0.05, 0.1) is 15.9 Å². The molecule has 29 heavy (non-hydrogen) atoms. The largest absolute Gasteiger partial charge is 0.323 e. The average Bonchev–Trinajstić information content (AvgIpc) is 3.16. The maximum absolute atomic E-state index is 13.4. The van der Waals surface area contributed by atoms with E-state index in [2.05, 4.69) is 25.9 Å². The number of para-hydroxylation sites is 2. The number of nitrogens with one attached hydrogen (secondary N) is 1. The number of nitrogens with zero attached hydrogens (tertiary/aromatic N) is 2. The van der Waals surface area contributed by atoms with Gasteiger partial charge in [-0.25, -0.2) is 17.7 Å². The molecule has 0 saturated heterocycles. The predicted molar refractivity (Wildman–Crippen MR) is 116 cm³/mol. The van der Waals surface area contributed by atoms with Gasteiger partial charge in [-0.05, 0) is 36.4 Å². The monoisotopic (exact) mass is 469 g/mol. The van der Waals surface area contributed by atoms with Crippen LogP contribution in [0.15, 0.2) is 88.2 Å². The number of hydrogen-bond donors (Lipinski definition) is 1. The molecule has 0 aliphatic heterocycles. The second kappa shape index (κ2) is 7.81. The Labute approximate surface area is 176 Å². The maximum Gasteiger partial charge on any atom is 0.267 e. The molecule has 0 bridgehead atoms. The normalized spacial score (nSPS) is 11.5. The summed E-state index contributed by atoms with van der Waals surface area (Å²) in [5.74, 6) is -0.231. The molecule has 0 aliphatic rings. The highest BCUT2D eigenvalue weighted by atomic mass is 79.9. The van der Waals surface area contributed by atoms with Gasteiger partial charge < -0.3 is 4.98 Å². The van der Waals surface area contributed by atoms with Crippen LogP contribution in [0, 0.1) is 0 Å². The van der Waals surface area contributed by atoms with Crippen molar-refractivity contribution in [2.45, 2.75) is 4.90 Å². The van der Waals surface area contributed by atoms with Crippen LogP contribution in [0.5, 0.6) is 0 Å². The fourth-order valence-corrected chi connectivity index (χ4v) is 4.51. The Hall–Kier alpha value is -2.97. The number of rotatable bonds is 6. The highest BCUT2D eigenvalue weighted by Gasteiger charge is 2.30. The fraction of sp³-hybridized carbons (Fsp3) is 0.0476. The van der Waals surface area contributed by atoms with Crippen molar-refractivity contribution >= 4 is 48.7 Å². The molecule has 8 heteroatoms. The topological polar surface area (TPSA) is 83.1 Å². The summed E-state index contributed by atoms with van der Waals surface area (Å²) in [5.41, 5.74) is 1.73. The number of benzene rings is 3. The van der Waals surface area contributed by atoms with E-state index in [9.17, 15) is 13.2 Å². The van der Waals surface area contributed by atoms with Crippen molar-refractivity contribution in [2.24, 2.45) is 0 Å². The zero-order valence-electron chi connectivity index (χ0n) is 15.1. The molecule has 0 saturated carbocycles. The molecule has 0 unspecified atom stereocenters. The van der Waals surface area contributed by atoms with Crippen LogP contribution in [0.25, 0.3) is 11.0 Å². The standard InChI is InChI=1S/C21H16BrN3O3S/c22-16-10-12-17(13-11-16)29(27,28)25(14-20(26)15-6-2-1-3-7-15)21-23-18-8-4-5-9-19(18)24-21/h1-13H,14H2,(H,23,24). The average molecular weight is 470 g/mol. The van der Waals surface area contributed by atoms with Crippen molar-refractivity contribution in [1.82, 2.24) is 9.97 Å². The molecule has 0 fully saturated rings. The van der Waals surface area contributed by atoms with E-state index in [0.29, 0.717) is 16.6 Å². The first-order chi connectivity index (χ1) is 13.9. The van der Waals surface area contributed by atoms with Crippen LogP contribution >= 0.6 is 15.9 Å². The van der Waals surface area contributed by atoms with Gasteiger partial charge in [-0.1, -0.05) is 58.4 Å². The molecule has 1 heterocycles. The Balaban J connectivity index is 1.80. The summed E-state index contributed by atoms with van der Waals surface area (Å²) in [5, 5.41) is 0. The molecule has 4 rings (SSSR count). The molecule has 0 spiro atoms. The summed E-state index contributed by atoms with van der Waals surface area (Å²) >= 11 is 3.31. The van der Waals surface area contributed by atoms with Crippen LogP contribution in [-0.4, -0.2) is 30.7 Å². The molecule has 0 radical (unpaired) electrons. The van der Waals surface area contributed by atoms with E-state index in [4.69, 9.17) is 0 Å². The molecule has 4 aromatic rings. The minimum atomic E-state index is -4.02. The molecule has 0 aliphatic carbocycles. The molecular weight excluding hydrogens is 454 g/mol. The lowest BCUT2D eigenvalue weighted by molar-refractivity contribution is 0.100. The highest BCUT2D eigenvalue weighted by molar-refractivity contribution is 9.10. The van der Waals surface area contributed by atoms with Gasteiger partial charge in [0.15, 0.2) is 5.78 Å². The number of imidazole rings is 1. The zero-order chi connectivity index (χ0) is 20.4. The Bertz CT molecular complexity index is 1240. The van der Waals surface area contributed by atoms with Crippen LogP contribution in [0.3, 0.4) is 0 Å². The Morgan fingerprint density at radius 1 is 0.931 bits per heavy atom. The van der Waals surface area contributed by atoms with E-state index in [1.165, 1.54) is 12.1 Å². The number of carbonyl (C=O) groups excluding carboxylic acids is 1. The van der Waals surface area contributed by atoms with Crippen LogP contribution < -0.4 is 4.31 Å². The Morgan fingerprint density at radius 3 is 2.28 bits per heavy atom. The minimum Gasteiger partial charge on any atom is -0.323 e. The van der Waals surface area contributed by atoms with Gasteiger partial charge in [0, 0.05) is 10.0 Å². The smallest absolute Gasteiger partial charge is 0.267 e. The van der Waals surface area contributed by atoms with Crippen LogP contribution in [0.4, 0.5) is 5.95 Å². The summed E-state index contributed by atoms with van der Waals surface area (Å²) in [6.07, 6.45) is 0. The van der Waals surface area contributed by atoms with Gasteiger partial charge in [-0.2, -0.15) is 0 Å². The lowest BCUT2D eigenvalue weighted by atomic mass is 10.1. The van der Waals surface area contributed by atoms with E-state index >= 15 is 0 Å². The van der Waals surface area contributed by atoms with Gasteiger partial charge in [-0.3, -0.25) is 4.79 Å². The SMILES string of the molecule is O=C(CN(c1nc2ccccc2[nH]1)S(=O)(=O)c1ccc(Br)cc1)c1ccccc1. The summed E-state index contributed by atoms with van der Waals surface area (Å²) in [7, 11) is -4.02. The highest BCUT2D eigenvalue weighted by Crippen LogP contribution is 2.25. The van der Waals surface area contributed by atoms with Crippen molar-refractivity contribution in [2.75, 3.05) is 10.8 Å². The number of sulfonamides is 1. The summed E-state index contributed by atoms with van der Waals surface area (Å²) < 4.78 is 28.5. The molecule has 146 valence electrons. The van der Waals surface area contributed by atoms with Crippen molar-refractivity contribution in [3.05, 3.63) is 88.9 Å². The summed E-state index contributed by atoms with van der Waals surface area (Å²) in [4.78, 5) is 20.3. The molecular formula is C21H16BrN3O3S. The number of hydrogen-bond acceptors (Lipinski definition) is 4. The number of anilines is 1. The zero-order valence-corrected chi connectivity index (χ0v) is 17.5. The van der Waals surface area contributed by atoms with E-state index in [1.54, 1.807) is 54.6 Å². The number of aromatic amines is 1. The predicted octanol–water partition coefficient (Wildman–Crippen LogP) is 4.40. The van der Waals surface area contributed by atoms with Gasteiger partial charge in [0.25, 0.3) is 10.0 Å². The molecule has 1 N–H and O–H groups in total. The maximum atomic E-state index is 13.4. The quantitative estimate of drug-likeness (QED) is 0.424. The van der Waals surface area contributed by atoms with E-state index in [0.717, 1.165) is 8.78 Å². The van der Waals surface area contributed by atoms with Gasteiger partial charge in [-0.15, -0.1) is 0 Å². The number of ketones is 1. The minimum absolute atomic E-state index is 0.0713. The second-order valence-electron chi connectivity index (χ2n) is 6.33. The van der Waals surface area contributed by atoms with Crippen molar-refractivity contribution in [1.29, 1.82) is 0 Å². The second-order valence-corrected chi connectivity index (χ2v) is 9.11. The first kappa shape index (κ1) is 19.4. The van der Waals surface area contributed by atoms with Gasteiger partial charge >= 0.3 is 0 Å². The van der Waals surface area contributed by atoms with Gasteiger partial charge in [0.1, 0.15) is 6.54 Å². The summed E-state index contributed by atoms with van der Waals surface area (Å²) in [6, 6.07) is 22.1. The van der Waals surface area contributed by atoms with Crippen molar-refractivity contribution < 1.29 is 13.2 Å². The molecule has 6 nitrogen and oxygen atoms in total. The van der Waals surface area contributed by atoms with E-state index < -0.39 is 10.0 Å². The number of carbonyl (C=O) groups is 1. The first-order valence-electron chi connectivity index (χ1n) is 8.76. The van der Waals surface area contributed by atoms with Gasteiger partial charge in [0.2, 0.25) is 5.95 Å². The summed E-state index contributed by atoms with van der Waals surface area (Å²) in [6.45, 7) is -0.373. The fourth-order valence-electron chi connectivity index (χ4n) is 2.91. The number of H-pyrrole nitrogens is 1. The van der Waals surface area contributed by atoms with Crippen molar-refractivity contribution in [3.8, 4) is 0 Å². The third kappa shape index (κ3) is 3.94. The molecule has 0 atom stereocenters. The van der Waals surface area contributed by atoms with E-state index in [-0.39, 0.29) is 23.2 Å². The number of Topliss-reactive ketones (excluding diaryl/α,β-unsaturated/α-hetero) is 1. The molecule has 3 aromatic carbocycles. The third-order valence-electron chi connectivity index (χ3n) is 4.40. The van der Waals surface area contributed by atoms with Crippen LogP contribution in [-0.2, 0) is 10.0 Å². The Morgan fingerprint density at radius 2 is 1.59 bits per heavy atom. The Kier molecular flexibility index (Phi) is 5.21. The van der Waals surface area contributed by atoms with E-state index in [1.807, 2.05) is 12.1 Å². The van der Waals surface area contributed by atoms with Crippen LogP contribution in [0.1, 0.15) is 10.4 Å². The van der Waals surface area contributed by atoms with Crippen LogP contribution in [0.2, 0.25) is 0 Å². The number of aromatic nitrogens is 2. The number of halogens is 1. The first-order valence-corrected chi connectivity index (χ1v) is 11.0. The van der Waals surface area contributed by atoms with Crippen molar-refractivity contribution in [3.63, 3.8) is 0 Å². The lowest BCUT2D eigenvalue weighted by Crippen LogP contribution is -2.36. The molecule has 1 aromatic heterocycles. The molecule has 0 amide bonds. The lowest BCUT2D eigenvalue weighted by Gasteiger charge is -2.21. The third-order valence-corrected chi connectivity index (χ3v) is 6.68.